The highest BCUT2D eigenvalue weighted by atomic mass is 35.5. The average Bonchev–Trinajstić information content (AvgIpc) is 3.04. The first-order valence-electron chi connectivity index (χ1n) is 7.74. The van der Waals surface area contributed by atoms with Crippen molar-refractivity contribution in [3.05, 3.63) is 52.0 Å². The molecule has 4 rings (SSSR count). The van der Waals surface area contributed by atoms with Crippen molar-refractivity contribution in [3.63, 3.8) is 0 Å². The Balaban J connectivity index is 1.63. The number of rotatable bonds is 5. The second kappa shape index (κ2) is 5.59. The van der Waals surface area contributed by atoms with Crippen LogP contribution in [0.25, 0.3) is 10.9 Å². The van der Waals surface area contributed by atoms with Gasteiger partial charge in [0.25, 0.3) is 0 Å². The lowest BCUT2D eigenvalue weighted by Gasteiger charge is -2.17. The Bertz CT molecular complexity index is 1020. The summed E-state index contributed by atoms with van der Waals surface area (Å²) in [6.45, 7) is 2.47. The van der Waals surface area contributed by atoms with Crippen LogP contribution in [0.2, 0.25) is 4.34 Å². The first-order valence-corrected chi connectivity index (χ1v) is 10.4. The molecule has 2 heterocycles. The lowest BCUT2D eigenvalue weighted by Crippen LogP contribution is -2.32. The van der Waals surface area contributed by atoms with E-state index in [9.17, 15) is 8.42 Å². The predicted molar refractivity (Wildman–Crippen MR) is 98.5 cm³/mol. The molecule has 1 saturated carbocycles. The first-order chi connectivity index (χ1) is 11.4. The topological polar surface area (TPSA) is 62.0 Å². The van der Waals surface area contributed by atoms with Gasteiger partial charge in [0.2, 0.25) is 10.0 Å². The van der Waals surface area contributed by atoms with Gasteiger partial charge in [-0.15, -0.1) is 11.3 Å². The molecule has 1 aliphatic rings. The Morgan fingerprint density at radius 1 is 1.25 bits per heavy atom. The van der Waals surface area contributed by atoms with E-state index in [4.69, 9.17) is 11.6 Å². The number of halogens is 1. The predicted octanol–water partition coefficient (Wildman–Crippen LogP) is 4.20. The van der Waals surface area contributed by atoms with E-state index in [0.717, 1.165) is 35.4 Å². The molecule has 126 valence electrons. The number of aromatic nitrogens is 1. The SMILES string of the molecule is Cc1[nH]c2ccccc2c1C1(CNS(=O)(=O)c2ccc(Cl)s2)CC1. The van der Waals surface area contributed by atoms with Crippen LogP contribution in [0, 0.1) is 6.92 Å². The monoisotopic (exact) mass is 380 g/mol. The maximum Gasteiger partial charge on any atom is 0.250 e. The van der Waals surface area contributed by atoms with E-state index in [0.29, 0.717) is 10.9 Å². The lowest BCUT2D eigenvalue weighted by atomic mass is 9.93. The summed E-state index contributed by atoms with van der Waals surface area (Å²) in [5.41, 5.74) is 3.35. The van der Waals surface area contributed by atoms with Crippen molar-refractivity contribution in [2.45, 2.75) is 29.4 Å². The molecule has 0 radical (unpaired) electrons. The van der Waals surface area contributed by atoms with Gasteiger partial charge in [-0.05, 0) is 43.5 Å². The van der Waals surface area contributed by atoms with Gasteiger partial charge in [-0.25, -0.2) is 13.1 Å². The second-order valence-corrected chi connectivity index (χ2v) is 10.0. The van der Waals surface area contributed by atoms with E-state index in [-0.39, 0.29) is 9.62 Å². The first kappa shape index (κ1) is 16.1. The van der Waals surface area contributed by atoms with Crippen LogP contribution < -0.4 is 4.72 Å². The van der Waals surface area contributed by atoms with Gasteiger partial charge in [0.05, 0.1) is 4.34 Å². The van der Waals surface area contributed by atoms with Crippen molar-refractivity contribution in [2.75, 3.05) is 6.54 Å². The van der Waals surface area contributed by atoms with Gasteiger partial charge in [0.1, 0.15) is 4.21 Å². The molecule has 0 aliphatic heterocycles. The third kappa shape index (κ3) is 2.67. The van der Waals surface area contributed by atoms with Gasteiger partial charge in [-0.2, -0.15) is 0 Å². The minimum atomic E-state index is -3.52. The van der Waals surface area contributed by atoms with Crippen molar-refractivity contribution in [1.82, 2.24) is 9.71 Å². The Morgan fingerprint density at radius 3 is 2.67 bits per heavy atom. The van der Waals surface area contributed by atoms with Crippen molar-refractivity contribution < 1.29 is 8.42 Å². The van der Waals surface area contributed by atoms with E-state index in [1.54, 1.807) is 12.1 Å². The van der Waals surface area contributed by atoms with Crippen molar-refractivity contribution in [1.29, 1.82) is 0 Å². The third-order valence-electron chi connectivity index (χ3n) is 4.69. The Labute approximate surface area is 149 Å². The molecule has 3 aromatic rings. The summed E-state index contributed by atoms with van der Waals surface area (Å²) in [4.78, 5) is 3.41. The Hall–Kier alpha value is -1.34. The summed E-state index contributed by atoms with van der Waals surface area (Å²) in [7, 11) is -3.52. The maximum absolute atomic E-state index is 12.5. The number of thiophene rings is 1. The summed E-state index contributed by atoms with van der Waals surface area (Å²) in [6.07, 6.45) is 1.98. The molecule has 2 aromatic heterocycles. The van der Waals surface area contributed by atoms with Crippen molar-refractivity contribution in [2.24, 2.45) is 0 Å². The molecule has 0 saturated heterocycles. The van der Waals surface area contributed by atoms with E-state index in [2.05, 4.69) is 28.8 Å². The number of H-pyrrole nitrogens is 1. The van der Waals surface area contributed by atoms with Crippen LogP contribution in [-0.2, 0) is 15.4 Å². The number of benzene rings is 1. The molecule has 0 atom stereocenters. The largest absolute Gasteiger partial charge is 0.358 e. The van der Waals surface area contributed by atoms with E-state index in [1.165, 1.54) is 10.9 Å². The summed E-state index contributed by atoms with van der Waals surface area (Å²) >= 11 is 6.94. The average molecular weight is 381 g/mol. The highest BCUT2D eigenvalue weighted by Crippen LogP contribution is 2.51. The Morgan fingerprint density at radius 2 is 2.00 bits per heavy atom. The van der Waals surface area contributed by atoms with E-state index >= 15 is 0 Å². The van der Waals surface area contributed by atoms with E-state index in [1.807, 2.05) is 12.1 Å². The molecule has 24 heavy (non-hydrogen) atoms. The van der Waals surface area contributed by atoms with Crippen LogP contribution in [0.15, 0.2) is 40.6 Å². The van der Waals surface area contributed by atoms with Crippen LogP contribution in [0.5, 0.6) is 0 Å². The molecule has 1 aliphatic carbocycles. The van der Waals surface area contributed by atoms with Crippen LogP contribution in [0.1, 0.15) is 24.1 Å². The lowest BCUT2D eigenvalue weighted by molar-refractivity contribution is 0.569. The van der Waals surface area contributed by atoms with Crippen molar-refractivity contribution >= 4 is 43.9 Å². The van der Waals surface area contributed by atoms with Crippen LogP contribution in [0.3, 0.4) is 0 Å². The van der Waals surface area contributed by atoms with Gasteiger partial charge in [0, 0.05) is 28.6 Å². The molecule has 0 bridgehead atoms. The maximum atomic E-state index is 12.5. The van der Waals surface area contributed by atoms with E-state index < -0.39 is 10.0 Å². The zero-order valence-corrected chi connectivity index (χ0v) is 15.5. The van der Waals surface area contributed by atoms with Gasteiger partial charge in [-0.1, -0.05) is 29.8 Å². The molecule has 0 amide bonds. The van der Waals surface area contributed by atoms with Gasteiger partial charge in [0.15, 0.2) is 0 Å². The Kier molecular flexibility index (Phi) is 3.76. The minimum absolute atomic E-state index is 0.113. The molecule has 1 fully saturated rings. The number of sulfonamides is 1. The zero-order valence-electron chi connectivity index (χ0n) is 13.1. The smallest absolute Gasteiger partial charge is 0.250 e. The van der Waals surface area contributed by atoms with Gasteiger partial charge in [-0.3, -0.25) is 0 Å². The van der Waals surface area contributed by atoms with Crippen LogP contribution in [-0.4, -0.2) is 19.9 Å². The highest BCUT2D eigenvalue weighted by Gasteiger charge is 2.47. The molecule has 0 unspecified atom stereocenters. The third-order valence-corrected chi connectivity index (χ3v) is 7.82. The number of nitrogens with one attached hydrogen (secondary N) is 2. The fraction of sp³-hybridized carbons (Fsp3) is 0.294. The fourth-order valence-corrected chi connectivity index (χ4v) is 6.03. The number of aryl methyl sites for hydroxylation is 1. The second-order valence-electron chi connectivity index (χ2n) is 6.33. The number of hydrogen-bond donors (Lipinski definition) is 2. The summed E-state index contributed by atoms with van der Waals surface area (Å²) in [5, 5.41) is 1.19. The van der Waals surface area contributed by atoms with Crippen LogP contribution >= 0.6 is 22.9 Å². The molecule has 0 spiro atoms. The standard InChI is InChI=1S/C17H17ClN2O2S2/c1-11-16(12-4-2-3-5-13(12)20-11)17(8-9-17)10-19-24(21,22)15-7-6-14(18)23-15/h2-7,19-20H,8-10H2,1H3. The number of hydrogen-bond acceptors (Lipinski definition) is 3. The van der Waals surface area contributed by atoms with Gasteiger partial charge < -0.3 is 4.98 Å². The highest BCUT2D eigenvalue weighted by molar-refractivity contribution is 7.91. The molecule has 7 heteroatoms. The number of aromatic amines is 1. The quantitative estimate of drug-likeness (QED) is 0.696. The number of fused-ring (bicyclic) bond motifs is 1. The summed E-state index contributed by atoms with van der Waals surface area (Å²) in [6, 6.07) is 11.3. The molecule has 4 nitrogen and oxygen atoms in total. The normalized spacial score (nSPS) is 16.6. The number of para-hydroxylation sites is 1. The summed E-state index contributed by atoms with van der Waals surface area (Å²) in [5.74, 6) is 0. The summed E-state index contributed by atoms with van der Waals surface area (Å²) < 4.78 is 28.5. The fourth-order valence-electron chi connectivity index (χ4n) is 3.37. The molecular formula is C17H17ClN2O2S2. The molecule has 1 aromatic carbocycles. The van der Waals surface area contributed by atoms with Gasteiger partial charge >= 0.3 is 0 Å². The molecule has 2 N–H and O–H groups in total. The van der Waals surface area contributed by atoms with Crippen LogP contribution in [0.4, 0.5) is 0 Å². The molecular weight excluding hydrogens is 364 g/mol. The zero-order chi connectivity index (χ0) is 16.9. The van der Waals surface area contributed by atoms with Crippen molar-refractivity contribution in [3.8, 4) is 0 Å². The minimum Gasteiger partial charge on any atom is -0.358 e.